The normalized spacial score (nSPS) is 12.0. The van der Waals surface area contributed by atoms with Crippen molar-refractivity contribution in [1.29, 1.82) is 0 Å². The molecule has 0 spiro atoms. The molecule has 0 amide bonds. The summed E-state index contributed by atoms with van der Waals surface area (Å²) in [6.07, 6.45) is 0. The van der Waals surface area contributed by atoms with E-state index < -0.39 is 62.6 Å². The molecule has 0 N–H and O–H groups in total. The number of halogens is 4. The molecule has 0 bridgehead atoms. The molecule has 20 heteroatoms. The number of hydrogen-bond acceptors (Lipinski definition) is 12. The number of esters is 2. The Kier molecular flexibility index (Phi) is 6.59. The Morgan fingerprint density at radius 1 is 0.667 bits per heavy atom. The van der Waals surface area contributed by atoms with Crippen LogP contribution in [-0.4, -0.2) is 62.6 Å². The first-order valence-electron chi connectivity index (χ1n) is 5.71. The highest BCUT2D eigenvalue weighted by Crippen LogP contribution is 2.22. The molecule has 0 rings (SSSR count). The Bertz CT molecular complexity index is 613. The number of hydrogen-bond donors (Lipinski definition) is 0. The summed E-state index contributed by atoms with van der Waals surface area (Å²) in [4.78, 5) is 53.4. The van der Waals surface area contributed by atoms with Gasteiger partial charge in [-0.25, -0.2) is 9.59 Å². The molecule has 0 aliphatic rings. The zero-order chi connectivity index (χ0) is 21.8. The van der Waals surface area contributed by atoms with Crippen LogP contribution in [0.15, 0.2) is 0 Å². The summed E-state index contributed by atoms with van der Waals surface area (Å²) in [5, 5.41) is 40.6. The zero-order valence-electron chi connectivity index (χ0n) is 12.1. The first-order chi connectivity index (χ1) is 12.0. The number of nitro groups is 4. The Morgan fingerprint density at radius 3 is 1.07 bits per heavy atom. The maximum Gasteiger partial charge on any atom is 0.648 e. The monoisotopic (exact) mass is 412 g/mol. The van der Waals surface area contributed by atoms with E-state index in [9.17, 15) is 67.6 Å². The first kappa shape index (κ1) is 23.3. The molecule has 0 saturated heterocycles. The lowest BCUT2D eigenvalue weighted by atomic mass is 10.3. The van der Waals surface area contributed by atoms with Crippen LogP contribution in [0.1, 0.15) is 0 Å². The predicted molar refractivity (Wildman–Crippen MR) is 62.5 cm³/mol. The summed E-state index contributed by atoms with van der Waals surface area (Å²) in [7, 11) is 0. The fourth-order valence-corrected chi connectivity index (χ4v) is 0.924. The van der Waals surface area contributed by atoms with E-state index in [4.69, 9.17) is 0 Å². The van der Waals surface area contributed by atoms with Crippen molar-refractivity contribution in [3.63, 3.8) is 0 Å². The van der Waals surface area contributed by atoms with Crippen LogP contribution in [0, 0.1) is 40.5 Å². The van der Waals surface area contributed by atoms with Crippen LogP contribution in [0.5, 0.6) is 0 Å². The van der Waals surface area contributed by atoms with Crippen molar-refractivity contribution < 1.29 is 56.3 Å². The SMILES string of the molecule is O=C(OCC(F)([N+](=O)[O-])[N+](=O)[O-])C(F)(F)C(=O)OCC(F)([N+](=O)[O-])[N+](=O)[O-]. The van der Waals surface area contributed by atoms with Gasteiger partial charge in [-0.1, -0.05) is 8.78 Å². The van der Waals surface area contributed by atoms with Gasteiger partial charge in [0.25, 0.3) is 13.2 Å². The topological polar surface area (TPSA) is 225 Å². The Hall–Kier alpha value is -3.74. The fraction of sp³-hybridized carbons (Fsp3) is 0.714. The van der Waals surface area contributed by atoms with Crippen LogP contribution in [0.4, 0.5) is 17.6 Å². The van der Waals surface area contributed by atoms with Crippen molar-refractivity contribution in [1.82, 2.24) is 0 Å². The number of carbonyl (C=O) groups is 2. The average Bonchev–Trinajstić information content (AvgIpc) is 2.55. The van der Waals surface area contributed by atoms with Crippen molar-refractivity contribution in [3.8, 4) is 0 Å². The number of alkyl halides is 4. The molecule has 0 aromatic carbocycles. The van der Waals surface area contributed by atoms with E-state index in [1.165, 1.54) is 0 Å². The molecule has 152 valence electrons. The van der Waals surface area contributed by atoms with Crippen LogP contribution in [-0.2, 0) is 19.1 Å². The summed E-state index contributed by atoms with van der Waals surface area (Å²) in [6, 6.07) is 0. The molecule has 0 radical (unpaired) electrons. The van der Waals surface area contributed by atoms with Gasteiger partial charge in [-0.05, 0) is 0 Å². The third-order valence-electron chi connectivity index (χ3n) is 2.41. The van der Waals surface area contributed by atoms with Gasteiger partial charge in [0.2, 0.25) is 0 Å². The van der Waals surface area contributed by atoms with Crippen molar-refractivity contribution in [2.45, 2.75) is 17.8 Å². The molecule has 0 heterocycles. The number of carbonyl (C=O) groups excluding carboxylic acids is 2. The zero-order valence-corrected chi connectivity index (χ0v) is 12.1. The molecule has 0 unspecified atom stereocenters. The molecule has 0 atom stereocenters. The minimum absolute atomic E-state index is 2.26. The summed E-state index contributed by atoms with van der Waals surface area (Å²) in [5.74, 6) is -21.4. The van der Waals surface area contributed by atoms with Gasteiger partial charge >= 0.3 is 29.7 Å². The maximum atomic E-state index is 13.3. The molecule has 0 aromatic rings. The van der Waals surface area contributed by atoms with Crippen LogP contribution < -0.4 is 0 Å². The van der Waals surface area contributed by atoms with Gasteiger partial charge in [0.15, 0.2) is 0 Å². The average molecular weight is 412 g/mol. The second kappa shape index (κ2) is 7.65. The molecular weight excluding hydrogens is 408 g/mol. The highest BCUT2D eigenvalue weighted by Gasteiger charge is 2.63. The fourth-order valence-electron chi connectivity index (χ4n) is 0.924. The number of ether oxygens (including phenoxy) is 2. The van der Waals surface area contributed by atoms with E-state index >= 15 is 0 Å². The van der Waals surface area contributed by atoms with E-state index in [1.807, 2.05) is 0 Å². The minimum atomic E-state index is -5.54. The summed E-state index contributed by atoms with van der Waals surface area (Å²) >= 11 is 0. The van der Waals surface area contributed by atoms with Gasteiger partial charge in [-0.3, -0.25) is 40.5 Å². The predicted octanol–water partition coefficient (Wildman–Crippen LogP) is -0.938. The Morgan fingerprint density at radius 2 is 0.889 bits per heavy atom. The van der Waals surface area contributed by atoms with E-state index in [1.54, 1.807) is 0 Å². The summed E-state index contributed by atoms with van der Waals surface area (Å²) < 4.78 is 59.5. The molecular formula is C7H4F4N4O12. The highest BCUT2D eigenvalue weighted by molar-refractivity contribution is 6.01. The highest BCUT2D eigenvalue weighted by atomic mass is 19.3. The van der Waals surface area contributed by atoms with Crippen molar-refractivity contribution in [2.24, 2.45) is 0 Å². The summed E-state index contributed by atoms with van der Waals surface area (Å²) in [5.41, 5.74) is 0. The van der Waals surface area contributed by atoms with E-state index in [-0.39, 0.29) is 0 Å². The van der Waals surface area contributed by atoms with Gasteiger partial charge < -0.3 is 9.47 Å². The van der Waals surface area contributed by atoms with Gasteiger partial charge in [-0.15, -0.1) is 0 Å². The van der Waals surface area contributed by atoms with Gasteiger partial charge in [0.1, 0.15) is 19.7 Å². The number of nitrogens with zero attached hydrogens (tertiary/aromatic N) is 4. The molecule has 16 nitrogen and oxygen atoms in total. The standard InChI is InChI=1S/C7H4F4N4O12/c8-5(12(18)19,13(20)21)1-26-3(16)7(10,11)4(17)27-2-6(9,14(22)23)15(24)25/h1-2H2. The molecule has 0 aliphatic carbocycles. The van der Waals surface area contributed by atoms with E-state index in [0.717, 1.165) is 0 Å². The lowest BCUT2D eigenvalue weighted by molar-refractivity contribution is -0.832. The largest absolute Gasteiger partial charge is 0.648 e. The molecule has 0 fully saturated rings. The molecule has 0 saturated carbocycles. The summed E-state index contributed by atoms with van der Waals surface area (Å²) in [6.45, 7) is -5.07. The smallest absolute Gasteiger partial charge is 0.441 e. The Balaban J connectivity index is 5.18. The lowest BCUT2D eigenvalue weighted by Crippen LogP contribution is -2.51. The van der Waals surface area contributed by atoms with Gasteiger partial charge in [-0.2, -0.15) is 8.78 Å². The second-order valence-corrected chi connectivity index (χ2v) is 4.19. The van der Waals surface area contributed by atoms with Crippen LogP contribution in [0.3, 0.4) is 0 Å². The van der Waals surface area contributed by atoms with Crippen molar-refractivity contribution in [2.75, 3.05) is 13.2 Å². The molecule has 0 aliphatic heterocycles. The Labute approximate surface area is 141 Å². The first-order valence-corrected chi connectivity index (χ1v) is 5.71. The minimum Gasteiger partial charge on any atom is -0.441 e. The number of rotatable bonds is 10. The van der Waals surface area contributed by atoms with E-state index in [0.29, 0.717) is 0 Å². The molecule has 0 aromatic heterocycles. The van der Waals surface area contributed by atoms with Crippen LogP contribution in [0.25, 0.3) is 0 Å². The third kappa shape index (κ3) is 4.66. The van der Waals surface area contributed by atoms with Gasteiger partial charge in [0, 0.05) is 0 Å². The van der Waals surface area contributed by atoms with E-state index in [2.05, 4.69) is 9.47 Å². The maximum absolute atomic E-state index is 13.3. The molecule has 27 heavy (non-hydrogen) atoms. The quantitative estimate of drug-likeness (QED) is 0.0806. The lowest BCUT2D eigenvalue weighted by Gasteiger charge is -2.15. The second-order valence-electron chi connectivity index (χ2n) is 4.19. The van der Waals surface area contributed by atoms with Crippen molar-refractivity contribution in [3.05, 3.63) is 40.5 Å². The van der Waals surface area contributed by atoms with Gasteiger partial charge in [0.05, 0.1) is 0 Å². The third-order valence-corrected chi connectivity index (χ3v) is 2.41. The van der Waals surface area contributed by atoms with Crippen LogP contribution >= 0.6 is 0 Å². The van der Waals surface area contributed by atoms with Crippen molar-refractivity contribution >= 4 is 11.9 Å². The van der Waals surface area contributed by atoms with Crippen LogP contribution in [0.2, 0.25) is 0 Å².